The zero-order valence-corrected chi connectivity index (χ0v) is 15.1. The Morgan fingerprint density at radius 2 is 1.92 bits per heavy atom. The maximum Gasteiger partial charge on any atom is 0.333 e. The molecule has 4 rings (SSSR count). The summed E-state index contributed by atoms with van der Waals surface area (Å²) in [6.45, 7) is 3.54. The number of aromatic hydroxyl groups is 1. The third-order valence-electron chi connectivity index (χ3n) is 5.48. The Morgan fingerprint density at radius 1 is 1.19 bits per heavy atom. The van der Waals surface area contributed by atoms with Gasteiger partial charge in [-0.05, 0) is 24.6 Å². The van der Waals surface area contributed by atoms with Gasteiger partial charge in [0.15, 0.2) is 0 Å². The van der Waals surface area contributed by atoms with Crippen molar-refractivity contribution in [3.63, 3.8) is 0 Å². The highest BCUT2D eigenvalue weighted by Crippen LogP contribution is 2.39. The number of H-pyrrole nitrogens is 1. The van der Waals surface area contributed by atoms with Gasteiger partial charge >= 0.3 is 5.69 Å². The monoisotopic (exact) mass is 354 g/mol. The van der Waals surface area contributed by atoms with Crippen molar-refractivity contribution in [1.29, 1.82) is 0 Å². The second-order valence-corrected chi connectivity index (χ2v) is 6.79. The summed E-state index contributed by atoms with van der Waals surface area (Å²) in [6.07, 6.45) is 0.872. The summed E-state index contributed by atoms with van der Waals surface area (Å²) < 4.78 is 2.18. The van der Waals surface area contributed by atoms with Crippen molar-refractivity contribution in [2.75, 3.05) is 13.1 Å². The van der Waals surface area contributed by atoms with Gasteiger partial charge in [-0.15, -0.1) is 0 Å². The van der Waals surface area contributed by atoms with Crippen molar-refractivity contribution in [2.45, 2.75) is 19.4 Å². The van der Waals surface area contributed by atoms with E-state index < -0.39 is 17.3 Å². The molecule has 0 amide bonds. The van der Waals surface area contributed by atoms with Crippen molar-refractivity contribution in [2.24, 2.45) is 14.1 Å². The van der Waals surface area contributed by atoms with Crippen LogP contribution in [0, 0.1) is 0 Å². The molecule has 1 aliphatic heterocycles. The van der Waals surface area contributed by atoms with Crippen molar-refractivity contribution in [3.8, 4) is 5.88 Å². The molecule has 0 saturated heterocycles. The molecule has 0 radical (unpaired) electrons. The number of rotatable bonds is 2. The summed E-state index contributed by atoms with van der Waals surface area (Å²) in [5.41, 5.74) is 2.36. The van der Waals surface area contributed by atoms with Gasteiger partial charge in [-0.1, -0.05) is 25.1 Å². The summed E-state index contributed by atoms with van der Waals surface area (Å²) in [6, 6.07) is 7.64. The van der Waals surface area contributed by atoms with Crippen molar-refractivity contribution >= 4 is 10.9 Å². The number of hydrogen-bond donors (Lipinski definition) is 2. The Morgan fingerprint density at radius 3 is 2.65 bits per heavy atom. The molecule has 0 aliphatic carbocycles. The van der Waals surface area contributed by atoms with Crippen LogP contribution in [-0.4, -0.2) is 37.2 Å². The lowest BCUT2D eigenvalue weighted by Gasteiger charge is -2.35. The van der Waals surface area contributed by atoms with E-state index in [2.05, 4.69) is 16.0 Å². The summed E-state index contributed by atoms with van der Waals surface area (Å²) in [5, 5.41) is 11.8. The zero-order chi connectivity index (χ0) is 18.6. The predicted octanol–water partition coefficient (Wildman–Crippen LogP) is 1.24. The van der Waals surface area contributed by atoms with E-state index in [1.54, 1.807) is 0 Å². The van der Waals surface area contributed by atoms with Crippen LogP contribution in [0.2, 0.25) is 0 Å². The molecule has 7 nitrogen and oxygen atoms in total. The molecular weight excluding hydrogens is 332 g/mol. The van der Waals surface area contributed by atoms with E-state index in [-0.39, 0.29) is 11.4 Å². The molecule has 2 aromatic heterocycles. The van der Waals surface area contributed by atoms with Gasteiger partial charge in [0.05, 0.1) is 6.04 Å². The normalized spacial score (nSPS) is 17.6. The van der Waals surface area contributed by atoms with Crippen LogP contribution in [0.25, 0.3) is 10.9 Å². The van der Waals surface area contributed by atoms with E-state index in [1.165, 1.54) is 19.7 Å². The maximum absolute atomic E-state index is 12.9. The van der Waals surface area contributed by atoms with E-state index in [0.717, 1.165) is 45.2 Å². The number of likely N-dealkylation sites (N-methyl/N-ethyl adjacent to an activating group) is 1. The lowest BCUT2D eigenvalue weighted by atomic mass is 9.93. The molecule has 3 aromatic rings. The highest BCUT2D eigenvalue weighted by atomic mass is 16.3. The number of fused-ring (bicyclic) bond motifs is 3. The average molecular weight is 354 g/mol. The van der Waals surface area contributed by atoms with Crippen molar-refractivity contribution < 1.29 is 5.11 Å². The highest BCUT2D eigenvalue weighted by Gasteiger charge is 2.35. The number of aromatic nitrogens is 3. The predicted molar refractivity (Wildman–Crippen MR) is 99.7 cm³/mol. The minimum atomic E-state index is -0.535. The summed E-state index contributed by atoms with van der Waals surface area (Å²) in [7, 11) is 2.92. The molecule has 0 bridgehead atoms. The number of para-hydroxylation sites is 1. The molecule has 136 valence electrons. The van der Waals surface area contributed by atoms with Gasteiger partial charge in [0, 0.05) is 37.2 Å². The quantitative estimate of drug-likeness (QED) is 0.725. The van der Waals surface area contributed by atoms with Gasteiger partial charge in [-0.3, -0.25) is 18.8 Å². The minimum Gasteiger partial charge on any atom is -0.494 e. The molecule has 1 atom stereocenters. The molecule has 0 spiro atoms. The standard InChI is InChI=1S/C19H22N4O3/c1-4-23-10-9-12-11-7-5-6-8-13(11)20-15(12)16(23)14-17(24)21(2)19(26)22(3)18(14)25/h5-8,16,20,24H,4,9-10H2,1-3H3. The van der Waals surface area contributed by atoms with E-state index in [4.69, 9.17) is 0 Å². The number of nitrogens with zero attached hydrogens (tertiary/aromatic N) is 3. The van der Waals surface area contributed by atoms with Gasteiger partial charge in [-0.25, -0.2) is 4.79 Å². The van der Waals surface area contributed by atoms with E-state index >= 15 is 0 Å². The fraction of sp³-hybridized carbons (Fsp3) is 0.368. The highest BCUT2D eigenvalue weighted by molar-refractivity contribution is 5.85. The summed E-state index contributed by atoms with van der Waals surface area (Å²) in [4.78, 5) is 30.6. The number of aromatic amines is 1. The van der Waals surface area contributed by atoms with Crippen LogP contribution in [0.5, 0.6) is 5.88 Å². The molecular formula is C19H22N4O3. The lowest BCUT2D eigenvalue weighted by Crippen LogP contribution is -2.44. The van der Waals surface area contributed by atoms with Gasteiger partial charge in [0.2, 0.25) is 5.88 Å². The molecule has 2 N–H and O–H groups in total. The van der Waals surface area contributed by atoms with Crippen LogP contribution < -0.4 is 11.2 Å². The third kappa shape index (κ3) is 2.17. The van der Waals surface area contributed by atoms with E-state index in [9.17, 15) is 14.7 Å². The lowest BCUT2D eigenvalue weighted by molar-refractivity contribution is 0.214. The first-order chi connectivity index (χ1) is 12.5. The fourth-order valence-electron chi connectivity index (χ4n) is 4.06. The maximum atomic E-state index is 12.9. The summed E-state index contributed by atoms with van der Waals surface area (Å²) in [5.74, 6) is -0.270. The van der Waals surface area contributed by atoms with E-state index in [0.29, 0.717) is 0 Å². The molecule has 26 heavy (non-hydrogen) atoms. The second kappa shape index (κ2) is 5.88. The first kappa shape index (κ1) is 16.7. The van der Waals surface area contributed by atoms with Crippen LogP contribution in [0.15, 0.2) is 33.9 Å². The van der Waals surface area contributed by atoms with E-state index in [1.807, 2.05) is 25.1 Å². The van der Waals surface area contributed by atoms with Crippen LogP contribution in [0.3, 0.4) is 0 Å². The summed E-state index contributed by atoms with van der Waals surface area (Å²) >= 11 is 0. The molecule has 1 aromatic carbocycles. The SMILES string of the molecule is CCN1CCc2c([nH]c3ccccc23)C1c1c(O)n(C)c(=O)n(C)c1=O. The Kier molecular flexibility index (Phi) is 3.77. The van der Waals surface area contributed by atoms with Crippen LogP contribution >= 0.6 is 0 Å². The largest absolute Gasteiger partial charge is 0.494 e. The molecule has 1 unspecified atom stereocenters. The molecule has 3 heterocycles. The fourth-order valence-corrected chi connectivity index (χ4v) is 4.06. The molecule has 0 fully saturated rings. The number of benzene rings is 1. The topological polar surface area (TPSA) is 83.3 Å². The van der Waals surface area contributed by atoms with Gasteiger partial charge in [-0.2, -0.15) is 0 Å². The first-order valence-electron chi connectivity index (χ1n) is 8.78. The molecule has 0 saturated carbocycles. The third-order valence-corrected chi connectivity index (χ3v) is 5.48. The van der Waals surface area contributed by atoms with Crippen molar-refractivity contribution in [3.05, 3.63) is 61.9 Å². The van der Waals surface area contributed by atoms with Crippen molar-refractivity contribution in [1.82, 2.24) is 19.0 Å². The van der Waals surface area contributed by atoms with Crippen LogP contribution in [0.1, 0.15) is 29.8 Å². The average Bonchev–Trinajstić information content (AvgIpc) is 3.04. The number of hydrogen-bond acceptors (Lipinski definition) is 4. The molecule has 7 heteroatoms. The van der Waals surface area contributed by atoms with Gasteiger partial charge < -0.3 is 10.1 Å². The Balaban J connectivity index is 2.06. The van der Waals surface area contributed by atoms with Gasteiger partial charge in [0.1, 0.15) is 5.56 Å². The van der Waals surface area contributed by atoms with Crippen LogP contribution in [0.4, 0.5) is 0 Å². The minimum absolute atomic E-state index is 0.240. The Labute approximate surface area is 150 Å². The molecule has 1 aliphatic rings. The first-order valence-corrected chi connectivity index (χ1v) is 8.78. The number of nitrogens with one attached hydrogen (secondary N) is 1. The second-order valence-electron chi connectivity index (χ2n) is 6.79. The van der Waals surface area contributed by atoms with Gasteiger partial charge in [0.25, 0.3) is 5.56 Å². The smallest absolute Gasteiger partial charge is 0.333 e. The Bertz CT molecular complexity index is 1120. The zero-order valence-electron chi connectivity index (χ0n) is 15.1. The Hall–Kier alpha value is -2.80. The van der Waals surface area contributed by atoms with Crippen LogP contribution in [-0.2, 0) is 20.5 Å².